The lowest BCUT2D eigenvalue weighted by Crippen LogP contribution is -2.51. The Hall–Kier alpha value is -3.85. The molecule has 3 aromatic carbocycles. The van der Waals surface area contributed by atoms with Gasteiger partial charge < -0.3 is 5.32 Å². The molecule has 1 N–H and O–H groups in total. The van der Waals surface area contributed by atoms with E-state index < -0.39 is 28.7 Å². The van der Waals surface area contributed by atoms with Crippen LogP contribution in [0.4, 0.5) is 5.69 Å². The number of aryl methyl sites for hydroxylation is 1. The Labute approximate surface area is 216 Å². The van der Waals surface area contributed by atoms with Gasteiger partial charge in [-0.1, -0.05) is 64.5 Å². The van der Waals surface area contributed by atoms with Crippen LogP contribution in [0.25, 0.3) is 0 Å². The number of rotatable bonds is 9. The zero-order chi connectivity index (χ0) is 25.8. The highest BCUT2D eigenvalue weighted by Gasteiger charge is 2.42. The molecule has 36 heavy (non-hydrogen) atoms. The third-order valence-electron chi connectivity index (χ3n) is 6.24. The van der Waals surface area contributed by atoms with Crippen LogP contribution in [0.2, 0.25) is 0 Å². The third-order valence-corrected chi connectivity index (χ3v) is 6.63. The van der Waals surface area contributed by atoms with Gasteiger partial charge in [-0.3, -0.25) is 29.4 Å². The van der Waals surface area contributed by atoms with Crippen molar-refractivity contribution in [3.05, 3.63) is 111 Å². The van der Waals surface area contributed by atoms with Crippen molar-refractivity contribution in [3.8, 4) is 0 Å². The van der Waals surface area contributed by atoms with E-state index in [4.69, 9.17) is 0 Å². The van der Waals surface area contributed by atoms with Gasteiger partial charge in [0, 0.05) is 23.9 Å². The summed E-state index contributed by atoms with van der Waals surface area (Å²) >= 11 is 3.42. The normalized spacial score (nSPS) is 14.3. The number of fused-ring (bicyclic) bond motifs is 1. The number of carbonyl (C=O) groups excluding carboxylic acids is 3. The zero-order valence-electron chi connectivity index (χ0n) is 19.5. The molecule has 0 aliphatic carbocycles. The molecule has 0 saturated heterocycles. The molecule has 1 aliphatic rings. The summed E-state index contributed by atoms with van der Waals surface area (Å²) in [6, 6.07) is 18.6. The number of benzene rings is 3. The Morgan fingerprint density at radius 3 is 2.03 bits per heavy atom. The molecule has 0 fully saturated rings. The van der Waals surface area contributed by atoms with Crippen LogP contribution in [-0.4, -0.2) is 38.9 Å². The third kappa shape index (κ3) is 5.21. The number of nitrogens with one attached hydrogen (secondary N) is 1. The standard InChI is InChI=1S/C27H24BrN3O5/c1-17(20-10-6-18(7-11-20)14-15-28)29-25(32)24(16-19-8-12-21(13-9-19)31(35)36)30-26(33)22-4-2-3-5-23(22)27(30)34/h2-13,17,24H,14-16H2,1H3,(H,29,32)/t17-,24+/m0/s1. The molecule has 1 aliphatic heterocycles. The molecular formula is C27H24BrN3O5. The Kier molecular flexibility index (Phi) is 7.59. The number of halogens is 1. The predicted molar refractivity (Wildman–Crippen MR) is 138 cm³/mol. The van der Waals surface area contributed by atoms with E-state index in [1.807, 2.05) is 31.2 Å². The minimum atomic E-state index is -1.13. The number of non-ortho nitro benzene ring substituents is 1. The number of hydrogen-bond acceptors (Lipinski definition) is 5. The number of nitrogens with zero attached hydrogens (tertiary/aromatic N) is 2. The number of amides is 3. The van der Waals surface area contributed by atoms with Crippen LogP contribution in [0.3, 0.4) is 0 Å². The summed E-state index contributed by atoms with van der Waals surface area (Å²) < 4.78 is 0. The van der Waals surface area contributed by atoms with Gasteiger partial charge in [0.2, 0.25) is 5.91 Å². The highest BCUT2D eigenvalue weighted by molar-refractivity contribution is 9.09. The van der Waals surface area contributed by atoms with E-state index in [-0.39, 0.29) is 29.3 Å². The average molecular weight is 550 g/mol. The lowest BCUT2D eigenvalue weighted by Gasteiger charge is -2.27. The van der Waals surface area contributed by atoms with Gasteiger partial charge in [-0.05, 0) is 42.2 Å². The molecular weight excluding hydrogens is 526 g/mol. The monoisotopic (exact) mass is 549 g/mol. The summed E-state index contributed by atoms with van der Waals surface area (Å²) in [7, 11) is 0. The van der Waals surface area contributed by atoms with Crippen molar-refractivity contribution < 1.29 is 19.3 Å². The van der Waals surface area contributed by atoms with Crippen LogP contribution in [-0.2, 0) is 17.6 Å². The Morgan fingerprint density at radius 2 is 1.50 bits per heavy atom. The SMILES string of the molecule is C[C@H](NC(=O)[C@@H](Cc1ccc([N+](=O)[O-])cc1)N1C(=O)c2ccccc2C1=O)c1ccc(CCBr)cc1. The number of imide groups is 1. The highest BCUT2D eigenvalue weighted by atomic mass is 79.9. The largest absolute Gasteiger partial charge is 0.348 e. The summed E-state index contributed by atoms with van der Waals surface area (Å²) in [5.41, 5.74) is 3.05. The smallest absolute Gasteiger partial charge is 0.269 e. The topological polar surface area (TPSA) is 110 Å². The molecule has 2 atom stereocenters. The van der Waals surface area contributed by atoms with Gasteiger partial charge in [0.05, 0.1) is 22.1 Å². The summed E-state index contributed by atoms with van der Waals surface area (Å²) in [6.07, 6.45) is 0.907. The van der Waals surface area contributed by atoms with Crippen LogP contribution < -0.4 is 5.32 Å². The molecule has 0 spiro atoms. The van der Waals surface area contributed by atoms with Gasteiger partial charge in [-0.25, -0.2) is 0 Å². The molecule has 3 amide bonds. The molecule has 1 heterocycles. The maximum atomic E-state index is 13.5. The minimum Gasteiger partial charge on any atom is -0.348 e. The van der Waals surface area contributed by atoms with Crippen molar-refractivity contribution in [1.29, 1.82) is 0 Å². The molecule has 0 aromatic heterocycles. The maximum Gasteiger partial charge on any atom is 0.269 e. The Balaban J connectivity index is 1.61. The van der Waals surface area contributed by atoms with Gasteiger partial charge in [0.25, 0.3) is 17.5 Å². The highest BCUT2D eigenvalue weighted by Crippen LogP contribution is 2.27. The van der Waals surface area contributed by atoms with Crippen molar-refractivity contribution in [2.75, 3.05) is 5.33 Å². The average Bonchev–Trinajstić information content (AvgIpc) is 3.13. The second kappa shape index (κ2) is 10.8. The fourth-order valence-corrected chi connectivity index (χ4v) is 4.70. The zero-order valence-corrected chi connectivity index (χ0v) is 21.1. The Morgan fingerprint density at radius 1 is 0.944 bits per heavy atom. The number of carbonyl (C=O) groups is 3. The van der Waals surface area contributed by atoms with Crippen molar-refractivity contribution in [1.82, 2.24) is 10.2 Å². The molecule has 8 nitrogen and oxygen atoms in total. The number of nitro groups is 1. The van der Waals surface area contributed by atoms with Gasteiger partial charge >= 0.3 is 0 Å². The van der Waals surface area contributed by atoms with Crippen LogP contribution in [0.5, 0.6) is 0 Å². The summed E-state index contributed by atoms with van der Waals surface area (Å²) in [5.74, 6) is -1.56. The fourth-order valence-electron chi connectivity index (χ4n) is 4.24. The van der Waals surface area contributed by atoms with E-state index in [1.165, 1.54) is 24.3 Å². The molecule has 4 rings (SSSR count). The summed E-state index contributed by atoms with van der Waals surface area (Å²) in [4.78, 5) is 51.4. The second-order valence-corrected chi connectivity index (χ2v) is 9.37. The quantitative estimate of drug-likeness (QED) is 0.181. The van der Waals surface area contributed by atoms with Crippen molar-refractivity contribution in [3.63, 3.8) is 0 Å². The Bertz CT molecular complexity index is 1270. The van der Waals surface area contributed by atoms with Gasteiger partial charge in [-0.2, -0.15) is 0 Å². The van der Waals surface area contributed by atoms with Crippen molar-refractivity contribution in [2.45, 2.75) is 31.8 Å². The molecule has 0 bridgehead atoms. The van der Waals surface area contributed by atoms with E-state index in [9.17, 15) is 24.5 Å². The lowest BCUT2D eigenvalue weighted by molar-refractivity contribution is -0.384. The lowest BCUT2D eigenvalue weighted by atomic mass is 10.0. The number of hydrogen-bond donors (Lipinski definition) is 1. The molecule has 184 valence electrons. The molecule has 0 unspecified atom stereocenters. The molecule has 9 heteroatoms. The first-order valence-corrected chi connectivity index (χ1v) is 12.6. The van der Waals surface area contributed by atoms with E-state index >= 15 is 0 Å². The van der Waals surface area contributed by atoms with E-state index in [2.05, 4.69) is 21.2 Å². The van der Waals surface area contributed by atoms with Gasteiger partial charge in [0.15, 0.2) is 0 Å². The number of alkyl halides is 1. The predicted octanol–water partition coefficient (Wildman–Crippen LogP) is 4.62. The van der Waals surface area contributed by atoms with Crippen LogP contribution >= 0.6 is 15.9 Å². The maximum absolute atomic E-state index is 13.5. The van der Waals surface area contributed by atoms with Crippen molar-refractivity contribution in [2.24, 2.45) is 0 Å². The summed E-state index contributed by atoms with van der Waals surface area (Å²) in [6.45, 7) is 1.84. The number of nitro benzene ring substituents is 1. The first-order valence-electron chi connectivity index (χ1n) is 11.5. The van der Waals surface area contributed by atoms with Crippen LogP contribution in [0.15, 0.2) is 72.8 Å². The second-order valence-electron chi connectivity index (χ2n) is 8.58. The van der Waals surface area contributed by atoms with E-state index in [0.717, 1.165) is 27.8 Å². The molecule has 0 saturated carbocycles. The van der Waals surface area contributed by atoms with Crippen LogP contribution in [0.1, 0.15) is 50.4 Å². The van der Waals surface area contributed by atoms with E-state index in [1.54, 1.807) is 24.3 Å². The van der Waals surface area contributed by atoms with Gasteiger partial charge in [0.1, 0.15) is 6.04 Å². The van der Waals surface area contributed by atoms with Gasteiger partial charge in [-0.15, -0.1) is 0 Å². The minimum absolute atomic E-state index is 0.0200. The summed E-state index contributed by atoms with van der Waals surface area (Å²) in [5, 5.41) is 14.8. The molecule has 3 aromatic rings. The van der Waals surface area contributed by atoms with E-state index in [0.29, 0.717) is 5.56 Å². The first-order chi connectivity index (χ1) is 17.3. The fraction of sp³-hybridized carbons (Fsp3) is 0.222. The van der Waals surface area contributed by atoms with Crippen LogP contribution in [0, 0.1) is 10.1 Å². The first kappa shape index (κ1) is 25.2. The van der Waals surface area contributed by atoms with Crippen molar-refractivity contribution >= 4 is 39.3 Å². The molecule has 0 radical (unpaired) electrons.